The average Bonchev–Trinajstić information content (AvgIpc) is 2.89. The van der Waals surface area contributed by atoms with E-state index in [4.69, 9.17) is 18.9 Å². The second-order valence-electron chi connectivity index (χ2n) is 8.89. The van der Waals surface area contributed by atoms with E-state index >= 15 is 0 Å². The second kappa shape index (κ2) is 12.9. The summed E-state index contributed by atoms with van der Waals surface area (Å²) in [5, 5.41) is 21.5. The van der Waals surface area contributed by atoms with E-state index in [1.54, 1.807) is 6.92 Å². The Kier molecular flexibility index (Phi) is 9.42. The maximum atomic E-state index is 11.1. The van der Waals surface area contributed by atoms with Crippen molar-refractivity contribution in [3.63, 3.8) is 0 Å². The lowest BCUT2D eigenvalue weighted by atomic mass is 9.92. The van der Waals surface area contributed by atoms with E-state index in [2.05, 4.69) is 0 Å². The van der Waals surface area contributed by atoms with Crippen molar-refractivity contribution in [3.05, 3.63) is 108 Å². The van der Waals surface area contributed by atoms with E-state index in [0.29, 0.717) is 19.8 Å². The van der Waals surface area contributed by atoms with Crippen molar-refractivity contribution in [2.75, 3.05) is 6.61 Å². The predicted molar refractivity (Wildman–Crippen MR) is 132 cm³/mol. The van der Waals surface area contributed by atoms with Crippen LogP contribution < -0.4 is 0 Å². The van der Waals surface area contributed by atoms with Gasteiger partial charge in [0.15, 0.2) is 0 Å². The van der Waals surface area contributed by atoms with Crippen LogP contribution in [0.2, 0.25) is 0 Å². The van der Waals surface area contributed by atoms with Gasteiger partial charge in [-0.25, -0.2) is 0 Å². The van der Waals surface area contributed by atoms with Crippen LogP contribution in [0.5, 0.6) is 0 Å². The Morgan fingerprint density at radius 2 is 1.17 bits per heavy atom. The predicted octanol–water partition coefficient (Wildman–Crippen LogP) is 3.88. The van der Waals surface area contributed by atoms with E-state index in [1.807, 2.05) is 91.0 Å². The van der Waals surface area contributed by atoms with Crippen LogP contribution in [-0.2, 0) is 38.8 Å². The minimum atomic E-state index is -1.06. The minimum Gasteiger partial charge on any atom is -0.391 e. The molecule has 6 heteroatoms. The van der Waals surface area contributed by atoms with Crippen molar-refractivity contribution in [1.82, 2.24) is 0 Å². The lowest BCUT2D eigenvalue weighted by Crippen LogP contribution is -2.62. The average molecular weight is 479 g/mol. The molecule has 186 valence electrons. The molecule has 6 nitrogen and oxygen atoms in total. The number of hydrogen-bond donors (Lipinski definition) is 2. The number of rotatable bonds is 11. The molecular weight excluding hydrogens is 444 g/mol. The van der Waals surface area contributed by atoms with Gasteiger partial charge in [0.2, 0.25) is 0 Å². The van der Waals surface area contributed by atoms with Gasteiger partial charge < -0.3 is 29.2 Å². The van der Waals surface area contributed by atoms with Crippen molar-refractivity contribution in [1.29, 1.82) is 0 Å². The molecule has 4 rings (SSSR count). The van der Waals surface area contributed by atoms with Gasteiger partial charge in [-0.3, -0.25) is 0 Å². The topological polar surface area (TPSA) is 77.4 Å². The first kappa shape index (κ1) is 25.5. The number of aliphatic hydroxyl groups excluding tert-OH is 2. The van der Waals surface area contributed by atoms with Gasteiger partial charge in [0.25, 0.3) is 0 Å². The molecule has 2 N–H and O–H groups in total. The largest absolute Gasteiger partial charge is 0.391 e. The molecule has 0 spiro atoms. The summed E-state index contributed by atoms with van der Waals surface area (Å²) in [6.45, 7) is 2.90. The van der Waals surface area contributed by atoms with Gasteiger partial charge >= 0.3 is 0 Å². The van der Waals surface area contributed by atoms with E-state index in [0.717, 1.165) is 16.7 Å². The third kappa shape index (κ3) is 7.21. The maximum Gasteiger partial charge on any atom is 0.115 e. The van der Waals surface area contributed by atoms with Crippen LogP contribution in [0.15, 0.2) is 91.0 Å². The molecule has 1 heterocycles. The SMILES string of the molecule is C[C@H](O)[C@H]1O[C@H](COCc2ccccc2)[C@@H](OCc2ccccc2)[C@H](OCc2ccccc2)[C@H]1O. The summed E-state index contributed by atoms with van der Waals surface area (Å²) in [6, 6.07) is 29.5. The first-order chi connectivity index (χ1) is 17.1. The molecule has 1 aliphatic rings. The number of aliphatic hydroxyl groups is 2. The molecule has 0 aliphatic carbocycles. The number of ether oxygens (including phenoxy) is 4. The van der Waals surface area contributed by atoms with Gasteiger partial charge in [0.1, 0.15) is 30.5 Å². The van der Waals surface area contributed by atoms with E-state index < -0.39 is 36.6 Å². The Hall–Kier alpha value is -2.58. The van der Waals surface area contributed by atoms with Gasteiger partial charge in [0, 0.05) is 0 Å². The minimum absolute atomic E-state index is 0.232. The summed E-state index contributed by atoms with van der Waals surface area (Å²) >= 11 is 0. The zero-order valence-electron chi connectivity index (χ0n) is 20.0. The van der Waals surface area contributed by atoms with E-state index in [-0.39, 0.29) is 6.61 Å². The van der Waals surface area contributed by atoms with Crippen molar-refractivity contribution in [2.24, 2.45) is 0 Å². The van der Waals surface area contributed by atoms with Crippen molar-refractivity contribution in [2.45, 2.75) is 63.4 Å². The van der Waals surface area contributed by atoms with E-state index in [9.17, 15) is 10.2 Å². The maximum absolute atomic E-state index is 11.1. The van der Waals surface area contributed by atoms with Crippen LogP contribution in [-0.4, -0.2) is 53.4 Å². The van der Waals surface area contributed by atoms with Crippen LogP contribution >= 0.6 is 0 Å². The quantitative estimate of drug-likeness (QED) is 0.436. The summed E-state index contributed by atoms with van der Waals surface area (Å²) in [5.74, 6) is 0. The highest BCUT2D eigenvalue weighted by molar-refractivity contribution is 5.15. The lowest BCUT2D eigenvalue weighted by Gasteiger charge is -2.45. The van der Waals surface area contributed by atoms with Gasteiger partial charge in [-0.2, -0.15) is 0 Å². The monoisotopic (exact) mass is 478 g/mol. The fourth-order valence-corrected chi connectivity index (χ4v) is 4.28. The fourth-order valence-electron chi connectivity index (χ4n) is 4.28. The molecule has 0 bridgehead atoms. The molecular formula is C29H34O6. The van der Waals surface area contributed by atoms with Crippen LogP contribution in [0, 0.1) is 0 Å². The molecule has 35 heavy (non-hydrogen) atoms. The standard InChI is InChI=1S/C29H34O6/c1-21(30)27-26(31)29(34-19-24-15-9-4-10-16-24)28(33-18-23-13-7-3-8-14-23)25(35-27)20-32-17-22-11-5-2-6-12-22/h2-16,21,25-31H,17-20H2,1H3/t21-,25+,26-,27+,28+,29+/m0/s1. The van der Waals surface area contributed by atoms with Crippen molar-refractivity contribution >= 4 is 0 Å². The summed E-state index contributed by atoms with van der Waals surface area (Å²) in [7, 11) is 0. The molecule has 6 atom stereocenters. The lowest BCUT2D eigenvalue weighted by molar-refractivity contribution is -0.274. The Balaban J connectivity index is 1.51. The highest BCUT2D eigenvalue weighted by Gasteiger charge is 2.48. The molecule has 1 saturated heterocycles. The highest BCUT2D eigenvalue weighted by Crippen LogP contribution is 2.29. The normalized spacial score (nSPS) is 25.3. The third-order valence-electron chi connectivity index (χ3n) is 6.14. The molecule has 3 aromatic rings. The molecule has 0 aromatic heterocycles. The first-order valence-corrected chi connectivity index (χ1v) is 12.1. The zero-order valence-corrected chi connectivity index (χ0v) is 20.0. The Labute approximate surface area is 207 Å². The number of hydrogen-bond acceptors (Lipinski definition) is 6. The smallest absolute Gasteiger partial charge is 0.115 e. The highest BCUT2D eigenvalue weighted by atomic mass is 16.6. The van der Waals surface area contributed by atoms with Gasteiger partial charge in [0.05, 0.1) is 32.5 Å². The van der Waals surface area contributed by atoms with Crippen LogP contribution in [0.1, 0.15) is 23.6 Å². The van der Waals surface area contributed by atoms with Gasteiger partial charge in [-0.1, -0.05) is 91.0 Å². The molecule has 0 unspecified atom stereocenters. The van der Waals surface area contributed by atoms with Crippen LogP contribution in [0.4, 0.5) is 0 Å². The van der Waals surface area contributed by atoms with Crippen molar-refractivity contribution < 1.29 is 29.2 Å². The second-order valence-corrected chi connectivity index (χ2v) is 8.89. The molecule has 1 aliphatic heterocycles. The summed E-state index contributed by atoms with van der Waals surface area (Å²) in [4.78, 5) is 0. The van der Waals surface area contributed by atoms with E-state index in [1.165, 1.54) is 0 Å². The number of benzene rings is 3. The molecule has 0 amide bonds. The Morgan fingerprint density at radius 1 is 0.714 bits per heavy atom. The van der Waals surface area contributed by atoms with Crippen LogP contribution in [0.3, 0.4) is 0 Å². The molecule has 0 radical (unpaired) electrons. The summed E-state index contributed by atoms with van der Waals surface area (Å²) < 4.78 is 24.7. The van der Waals surface area contributed by atoms with Gasteiger partial charge in [-0.05, 0) is 23.6 Å². The molecule has 1 fully saturated rings. The zero-order chi connectivity index (χ0) is 24.5. The summed E-state index contributed by atoms with van der Waals surface area (Å²) in [6.07, 6.45) is -4.62. The van der Waals surface area contributed by atoms with Gasteiger partial charge in [-0.15, -0.1) is 0 Å². The third-order valence-corrected chi connectivity index (χ3v) is 6.14. The Bertz CT molecular complexity index is 982. The first-order valence-electron chi connectivity index (χ1n) is 12.1. The fraction of sp³-hybridized carbons (Fsp3) is 0.379. The Morgan fingerprint density at radius 3 is 1.66 bits per heavy atom. The summed E-state index contributed by atoms with van der Waals surface area (Å²) in [5.41, 5.74) is 3.04. The molecule has 0 saturated carbocycles. The molecule has 3 aromatic carbocycles. The van der Waals surface area contributed by atoms with Crippen molar-refractivity contribution in [3.8, 4) is 0 Å². The van der Waals surface area contributed by atoms with Crippen LogP contribution in [0.25, 0.3) is 0 Å².